The van der Waals surface area contributed by atoms with Gasteiger partial charge in [-0.05, 0) is 49.4 Å². The SMILES string of the molecule is COc1ccc2c(c1)CCCN2C(=O)C1CCCC1. The molecule has 2 aliphatic rings. The van der Waals surface area contributed by atoms with Crippen LogP contribution in [0.25, 0.3) is 0 Å². The van der Waals surface area contributed by atoms with Crippen molar-refractivity contribution in [2.45, 2.75) is 38.5 Å². The highest BCUT2D eigenvalue weighted by molar-refractivity contribution is 5.96. The summed E-state index contributed by atoms with van der Waals surface area (Å²) in [5.41, 5.74) is 2.35. The maximum absolute atomic E-state index is 12.6. The van der Waals surface area contributed by atoms with E-state index in [0.717, 1.165) is 43.7 Å². The molecule has 1 amide bonds. The Morgan fingerprint density at radius 1 is 1.26 bits per heavy atom. The molecule has 0 spiro atoms. The first kappa shape index (κ1) is 12.5. The van der Waals surface area contributed by atoms with Crippen molar-refractivity contribution in [1.82, 2.24) is 0 Å². The molecular formula is C16H21NO2. The van der Waals surface area contributed by atoms with Crippen LogP contribution in [-0.4, -0.2) is 19.6 Å². The monoisotopic (exact) mass is 259 g/mol. The van der Waals surface area contributed by atoms with Crippen molar-refractivity contribution in [2.75, 3.05) is 18.6 Å². The van der Waals surface area contributed by atoms with Gasteiger partial charge in [-0.25, -0.2) is 0 Å². The second kappa shape index (κ2) is 5.24. The normalized spacial score (nSPS) is 19.3. The number of rotatable bonds is 2. The fourth-order valence-electron chi connectivity index (χ4n) is 3.32. The van der Waals surface area contributed by atoms with E-state index in [-0.39, 0.29) is 5.92 Å². The second-order valence-corrected chi connectivity index (χ2v) is 5.57. The molecule has 3 rings (SSSR count). The number of carbonyl (C=O) groups excluding carboxylic acids is 1. The molecule has 19 heavy (non-hydrogen) atoms. The van der Waals surface area contributed by atoms with E-state index in [1.54, 1.807) is 7.11 Å². The van der Waals surface area contributed by atoms with Gasteiger partial charge in [0, 0.05) is 18.2 Å². The fourth-order valence-corrected chi connectivity index (χ4v) is 3.32. The van der Waals surface area contributed by atoms with E-state index < -0.39 is 0 Å². The number of nitrogens with zero attached hydrogens (tertiary/aromatic N) is 1. The Balaban J connectivity index is 1.87. The number of hydrogen-bond acceptors (Lipinski definition) is 2. The summed E-state index contributed by atoms with van der Waals surface area (Å²) in [6.07, 6.45) is 6.65. The topological polar surface area (TPSA) is 29.5 Å². The van der Waals surface area contributed by atoms with Crippen molar-refractivity contribution in [1.29, 1.82) is 0 Å². The number of methoxy groups -OCH3 is 1. The maximum atomic E-state index is 12.6. The lowest BCUT2D eigenvalue weighted by atomic mass is 9.98. The average Bonchev–Trinajstić information content (AvgIpc) is 2.99. The Hall–Kier alpha value is -1.51. The molecule has 0 radical (unpaired) electrons. The van der Waals surface area contributed by atoms with E-state index in [4.69, 9.17) is 4.74 Å². The smallest absolute Gasteiger partial charge is 0.230 e. The molecule has 1 aromatic rings. The molecule has 1 aromatic carbocycles. The number of fused-ring (bicyclic) bond motifs is 1. The molecule has 1 heterocycles. The minimum Gasteiger partial charge on any atom is -0.497 e. The van der Waals surface area contributed by atoms with E-state index in [1.807, 2.05) is 17.0 Å². The molecular weight excluding hydrogens is 238 g/mol. The predicted molar refractivity (Wildman–Crippen MR) is 75.6 cm³/mol. The van der Waals surface area contributed by atoms with Crippen LogP contribution in [0.3, 0.4) is 0 Å². The van der Waals surface area contributed by atoms with Crippen molar-refractivity contribution in [3.05, 3.63) is 23.8 Å². The first-order valence-electron chi connectivity index (χ1n) is 7.28. The quantitative estimate of drug-likeness (QED) is 0.816. The van der Waals surface area contributed by atoms with Gasteiger partial charge in [0.25, 0.3) is 0 Å². The lowest BCUT2D eigenvalue weighted by Gasteiger charge is -2.31. The summed E-state index contributed by atoms with van der Waals surface area (Å²) < 4.78 is 5.27. The van der Waals surface area contributed by atoms with Crippen LogP contribution < -0.4 is 9.64 Å². The highest BCUT2D eigenvalue weighted by atomic mass is 16.5. The highest BCUT2D eigenvalue weighted by Gasteiger charge is 2.30. The Labute approximate surface area is 114 Å². The van der Waals surface area contributed by atoms with E-state index in [2.05, 4.69) is 6.07 Å². The summed E-state index contributed by atoms with van der Waals surface area (Å²) in [5.74, 6) is 1.48. The standard InChI is InChI=1S/C16H21NO2/c1-19-14-8-9-15-13(11-14)7-4-10-17(15)16(18)12-5-2-3-6-12/h8-9,11-12H,2-7,10H2,1H3. The zero-order valence-corrected chi connectivity index (χ0v) is 11.5. The highest BCUT2D eigenvalue weighted by Crippen LogP contribution is 2.34. The predicted octanol–water partition coefficient (Wildman–Crippen LogP) is 3.16. The van der Waals surface area contributed by atoms with E-state index in [9.17, 15) is 4.79 Å². The van der Waals surface area contributed by atoms with Crippen molar-refractivity contribution in [2.24, 2.45) is 5.92 Å². The third-order valence-corrected chi connectivity index (χ3v) is 4.38. The maximum Gasteiger partial charge on any atom is 0.230 e. The number of hydrogen-bond donors (Lipinski definition) is 0. The lowest BCUT2D eigenvalue weighted by molar-refractivity contribution is -0.122. The summed E-state index contributed by atoms with van der Waals surface area (Å²) in [5, 5.41) is 0. The molecule has 102 valence electrons. The Morgan fingerprint density at radius 2 is 2.05 bits per heavy atom. The third kappa shape index (κ3) is 2.34. The minimum absolute atomic E-state index is 0.257. The van der Waals surface area contributed by atoms with Gasteiger partial charge in [-0.15, -0.1) is 0 Å². The van der Waals surface area contributed by atoms with Gasteiger partial charge in [0.2, 0.25) is 5.91 Å². The summed E-state index contributed by atoms with van der Waals surface area (Å²) in [4.78, 5) is 14.6. The fraction of sp³-hybridized carbons (Fsp3) is 0.562. The van der Waals surface area contributed by atoms with Crippen LogP contribution in [0.1, 0.15) is 37.7 Å². The minimum atomic E-state index is 0.257. The second-order valence-electron chi connectivity index (χ2n) is 5.57. The van der Waals surface area contributed by atoms with E-state index in [0.29, 0.717) is 5.91 Å². The van der Waals surface area contributed by atoms with Crippen LogP contribution in [0.15, 0.2) is 18.2 Å². The third-order valence-electron chi connectivity index (χ3n) is 4.38. The van der Waals surface area contributed by atoms with Gasteiger partial charge in [0.05, 0.1) is 7.11 Å². The summed E-state index contributed by atoms with van der Waals surface area (Å²) >= 11 is 0. The van der Waals surface area contributed by atoms with Gasteiger partial charge in [-0.1, -0.05) is 12.8 Å². The number of amides is 1. The number of benzene rings is 1. The number of carbonyl (C=O) groups is 1. The van der Waals surface area contributed by atoms with Crippen LogP contribution in [0.5, 0.6) is 5.75 Å². The number of anilines is 1. The molecule has 1 fully saturated rings. The van der Waals surface area contributed by atoms with Crippen molar-refractivity contribution >= 4 is 11.6 Å². The Kier molecular flexibility index (Phi) is 3.45. The molecule has 0 saturated heterocycles. The molecule has 1 aliphatic carbocycles. The summed E-state index contributed by atoms with van der Waals surface area (Å²) in [7, 11) is 1.69. The Morgan fingerprint density at radius 3 is 2.79 bits per heavy atom. The van der Waals surface area contributed by atoms with Gasteiger partial charge in [-0.2, -0.15) is 0 Å². The molecule has 0 atom stereocenters. The summed E-state index contributed by atoms with van der Waals surface area (Å²) in [6.45, 7) is 0.870. The van der Waals surface area contributed by atoms with Crippen molar-refractivity contribution < 1.29 is 9.53 Å². The molecule has 0 unspecified atom stereocenters. The van der Waals surface area contributed by atoms with Crippen LogP contribution in [0, 0.1) is 5.92 Å². The first-order chi connectivity index (χ1) is 9.29. The lowest BCUT2D eigenvalue weighted by Crippen LogP contribution is -2.39. The van der Waals surface area contributed by atoms with Crippen LogP contribution in [0.4, 0.5) is 5.69 Å². The van der Waals surface area contributed by atoms with Gasteiger partial charge >= 0.3 is 0 Å². The first-order valence-corrected chi connectivity index (χ1v) is 7.28. The zero-order valence-electron chi connectivity index (χ0n) is 11.5. The Bertz CT molecular complexity index is 478. The van der Waals surface area contributed by atoms with Gasteiger partial charge in [0.15, 0.2) is 0 Å². The molecule has 3 nitrogen and oxygen atoms in total. The van der Waals surface area contributed by atoms with Crippen LogP contribution in [-0.2, 0) is 11.2 Å². The molecule has 0 N–H and O–H groups in total. The molecule has 0 bridgehead atoms. The molecule has 1 aliphatic heterocycles. The van der Waals surface area contributed by atoms with E-state index >= 15 is 0 Å². The van der Waals surface area contributed by atoms with Crippen molar-refractivity contribution in [3.63, 3.8) is 0 Å². The zero-order chi connectivity index (χ0) is 13.2. The van der Waals surface area contributed by atoms with Crippen LogP contribution >= 0.6 is 0 Å². The van der Waals surface area contributed by atoms with Gasteiger partial charge in [-0.3, -0.25) is 4.79 Å². The molecule has 3 heteroatoms. The van der Waals surface area contributed by atoms with Gasteiger partial charge < -0.3 is 9.64 Å². The number of aryl methyl sites for hydroxylation is 1. The number of ether oxygens (including phenoxy) is 1. The average molecular weight is 259 g/mol. The van der Waals surface area contributed by atoms with Gasteiger partial charge in [0.1, 0.15) is 5.75 Å². The summed E-state index contributed by atoms with van der Waals surface area (Å²) in [6, 6.07) is 6.07. The molecule has 0 aromatic heterocycles. The van der Waals surface area contributed by atoms with Crippen molar-refractivity contribution in [3.8, 4) is 5.75 Å². The molecule has 1 saturated carbocycles. The largest absolute Gasteiger partial charge is 0.497 e. The van der Waals surface area contributed by atoms with E-state index in [1.165, 1.54) is 18.4 Å². The van der Waals surface area contributed by atoms with Crippen LogP contribution in [0.2, 0.25) is 0 Å².